The normalized spacial score (nSPS) is 20.3. The number of likely N-dealkylation sites (N-methyl/N-ethyl adjacent to an activating group) is 1. The lowest BCUT2D eigenvalue weighted by molar-refractivity contribution is 0.299. The zero-order valence-corrected chi connectivity index (χ0v) is 11.1. The number of hydrogen-bond donors (Lipinski definition) is 1. The number of nitrogens with zero attached hydrogens (tertiary/aromatic N) is 1. The third-order valence-electron chi connectivity index (χ3n) is 3.63. The van der Waals surface area contributed by atoms with Gasteiger partial charge < -0.3 is 15.0 Å². The first kappa shape index (κ1) is 13.3. The van der Waals surface area contributed by atoms with E-state index in [0.717, 1.165) is 6.54 Å². The molecule has 1 aromatic rings. The van der Waals surface area contributed by atoms with E-state index in [4.69, 9.17) is 4.74 Å². The minimum atomic E-state index is -0.257. The molecule has 3 nitrogen and oxygen atoms in total. The standard InChI is InChI=1S/C14H21FN2O/c1-17-8-4-6-12(17)10-16-9-11-5-3-7-13(18-2)14(11)15/h3,5,7,12,16H,4,6,8-10H2,1-2H3. The van der Waals surface area contributed by atoms with E-state index in [1.54, 1.807) is 12.1 Å². The lowest BCUT2D eigenvalue weighted by Gasteiger charge is -2.19. The number of rotatable bonds is 5. The molecular weight excluding hydrogens is 231 g/mol. The van der Waals surface area contributed by atoms with Crippen LogP contribution in [-0.2, 0) is 6.54 Å². The highest BCUT2D eigenvalue weighted by Crippen LogP contribution is 2.20. The van der Waals surface area contributed by atoms with Gasteiger partial charge in [-0.05, 0) is 32.5 Å². The predicted molar refractivity (Wildman–Crippen MR) is 70.3 cm³/mol. The molecule has 1 aliphatic rings. The van der Waals surface area contributed by atoms with Gasteiger partial charge in [-0.15, -0.1) is 0 Å². The lowest BCUT2D eigenvalue weighted by Crippen LogP contribution is -2.35. The highest BCUT2D eigenvalue weighted by molar-refractivity contribution is 5.30. The van der Waals surface area contributed by atoms with Gasteiger partial charge >= 0.3 is 0 Å². The van der Waals surface area contributed by atoms with Crippen LogP contribution in [0.25, 0.3) is 0 Å². The average molecular weight is 252 g/mol. The number of halogens is 1. The van der Waals surface area contributed by atoms with Crippen LogP contribution in [-0.4, -0.2) is 38.2 Å². The predicted octanol–water partition coefficient (Wildman–Crippen LogP) is 2.02. The summed E-state index contributed by atoms with van der Waals surface area (Å²) in [6.45, 7) is 2.63. The molecule has 1 aromatic carbocycles. The Kier molecular flexibility index (Phi) is 4.55. The van der Waals surface area contributed by atoms with Crippen molar-refractivity contribution in [3.63, 3.8) is 0 Å². The molecule has 0 spiro atoms. The van der Waals surface area contributed by atoms with Crippen molar-refractivity contribution in [2.24, 2.45) is 0 Å². The second-order valence-corrected chi connectivity index (χ2v) is 4.84. The maximum absolute atomic E-state index is 13.9. The zero-order valence-electron chi connectivity index (χ0n) is 11.1. The van der Waals surface area contributed by atoms with Crippen LogP contribution in [0.2, 0.25) is 0 Å². The monoisotopic (exact) mass is 252 g/mol. The van der Waals surface area contributed by atoms with Crippen molar-refractivity contribution in [2.75, 3.05) is 27.2 Å². The Morgan fingerprint density at radius 1 is 1.50 bits per heavy atom. The summed E-state index contributed by atoms with van der Waals surface area (Å²) >= 11 is 0. The lowest BCUT2D eigenvalue weighted by atomic mass is 10.2. The van der Waals surface area contributed by atoms with E-state index in [9.17, 15) is 4.39 Å². The molecule has 0 amide bonds. The summed E-state index contributed by atoms with van der Waals surface area (Å²) in [5.41, 5.74) is 0.662. The summed E-state index contributed by atoms with van der Waals surface area (Å²) in [4.78, 5) is 2.36. The second kappa shape index (κ2) is 6.16. The van der Waals surface area contributed by atoms with E-state index < -0.39 is 0 Å². The molecule has 0 bridgehead atoms. The quantitative estimate of drug-likeness (QED) is 0.867. The topological polar surface area (TPSA) is 24.5 Å². The minimum absolute atomic E-state index is 0.257. The van der Waals surface area contributed by atoms with Crippen LogP contribution in [0, 0.1) is 5.82 Å². The number of hydrogen-bond acceptors (Lipinski definition) is 3. The fourth-order valence-corrected chi connectivity index (χ4v) is 2.46. The summed E-state index contributed by atoms with van der Waals surface area (Å²) in [5, 5.41) is 3.33. The van der Waals surface area contributed by atoms with Crippen LogP contribution in [0.5, 0.6) is 5.75 Å². The Morgan fingerprint density at radius 2 is 2.33 bits per heavy atom. The van der Waals surface area contributed by atoms with Crippen molar-refractivity contribution in [3.8, 4) is 5.75 Å². The van der Waals surface area contributed by atoms with Gasteiger partial charge in [0.05, 0.1) is 7.11 Å². The van der Waals surface area contributed by atoms with Crippen LogP contribution in [0.3, 0.4) is 0 Å². The molecule has 18 heavy (non-hydrogen) atoms. The van der Waals surface area contributed by atoms with Gasteiger partial charge in [0, 0.05) is 24.7 Å². The Morgan fingerprint density at radius 3 is 3.00 bits per heavy atom. The van der Waals surface area contributed by atoms with Crippen molar-refractivity contribution in [3.05, 3.63) is 29.6 Å². The number of benzene rings is 1. The average Bonchev–Trinajstić information content (AvgIpc) is 2.77. The molecule has 0 saturated carbocycles. The first-order valence-corrected chi connectivity index (χ1v) is 6.44. The van der Waals surface area contributed by atoms with E-state index in [1.165, 1.54) is 26.5 Å². The van der Waals surface area contributed by atoms with Gasteiger partial charge in [-0.3, -0.25) is 0 Å². The summed E-state index contributed by atoms with van der Waals surface area (Å²) in [5.74, 6) is 0.0551. The molecule has 1 saturated heterocycles. The molecule has 1 unspecified atom stereocenters. The third kappa shape index (κ3) is 3.00. The van der Waals surface area contributed by atoms with Crippen molar-refractivity contribution >= 4 is 0 Å². The maximum Gasteiger partial charge on any atom is 0.169 e. The van der Waals surface area contributed by atoms with E-state index in [0.29, 0.717) is 23.9 Å². The molecule has 100 valence electrons. The fraction of sp³-hybridized carbons (Fsp3) is 0.571. The minimum Gasteiger partial charge on any atom is -0.494 e. The summed E-state index contributed by atoms with van der Waals surface area (Å²) < 4.78 is 18.8. The van der Waals surface area contributed by atoms with Crippen LogP contribution in [0.4, 0.5) is 4.39 Å². The van der Waals surface area contributed by atoms with Crippen LogP contribution >= 0.6 is 0 Å². The molecule has 1 atom stereocenters. The number of methoxy groups -OCH3 is 1. The highest BCUT2D eigenvalue weighted by Gasteiger charge is 2.20. The Hall–Kier alpha value is -1.13. The van der Waals surface area contributed by atoms with Gasteiger partial charge in [0.1, 0.15) is 0 Å². The van der Waals surface area contributed by atoms with Crippen LogP contribution in [0.1, 0.15) is 18.4 Å². The Balaban J connectivity index is 1.86. The number of likely N-dealkylation sites (tertiary alicyclic amines) is 1. The molecule has 1 N–H and O–H groups in total. The Bertz CT molecular complexity index is 397. The largest absolute Gasteiger partial charge is 0.494 e. The van der Waals surface area contributed by atoms with Gasteiger partial charge in [0.2, 0.25) is 0 Å². The second-order valence-electron chi connectivity index (χ2n) is 4.84. The SMILES string of the molecule is COc1cccc(CNCC2CCCN2C)c1F. The number of ether oxygens (including phenoxy) is 1. The van der Waals surface area contributed by atoms with Gasteiger partial charge in [-0.25, -0.2) is 4.39 Å². The van der Waals surface area contributed by atoms with Gasteiger partial charge in [-0.1, -0.05) is 12.1 Å². The molecule has 1 fully saturated rings. The zero-order chi connectivity index (χ0) is 13.0. The summed E-state index contributed by atoms with van der Waals surface area (Å²) in [7, 11) is 3.63. The van der Waals surface area contributed by atoms with Crippen molar-refractivity contribution in [2.45, 2.75) is 25.4 Å². The van der Waals surface area contributed by atoms with Crippen molar-refractivity contribution in [1.29, 1.82) is 0 Å². The van der Waals surface area contributed by atoms with E-state index >= 15 is 0 Å². The van der Waals surface area contributed by atoms with E-state index in [1.807, 2.05) is 6.07 Å². The molecule has 0 aliphatic carbocycles. The molecule has 0 aromatic heterocycles. The summed E-state index contributed by atoms with van der Waals surface area (Å²) in [6, 6.07) is 5.84. The van der Waals surface area contributed by atoms with Crippen LogP contribution in [0.15, 0.2) is 18.2 Å². The van der Waals surface area contributed by atoms with Gasteiger partial charge in [-0.2, -0.15) is 0 Å². The smallest absolute Gasteiger partial charge is 0.169 e. The molecule has 1 aliphatic heterocycles. The Labute approximate surface area is 108 Å². The van der Waals surface area contributed by atoms with Crippen molar-refractivity contribution < 1.29 is 9.13 Å². The van der Waals surface area contributed by atoms with Crippen molar-refractivity contribution in [1.82, 2.24) is 10.2 Å². The van der Waals surface area contributed by atoms with E-state index in [-0.39, 0.29) is 5.82 Å². The van der Waals surface area contributed by atoms with Gasteiger partial charge in [0.15, 0.2) is 11.6 Å². The molecule has 2 rings (SSSR count). The molecule has 1 heterocycles. The first-order chi connectivity index (χ1) is 8.72. The third-order valence-corrected chi connectivity index (χ3v) is 3.63. The first-order valence-electron chi connectivity index (χ1n) is 6.44. The number of nitrogens with one attached hydrogen (secondary N) is 1. The maximum atomic E-state index is 13.9. The summed E-state index contributed by atoms with van der Waals surface area (Å²) in [6.07, 6.45) is 2.49. The molecular formula is C14H21FN2O. The van der Waals surface area contributed by atoms with E-state index in [2.05, 4.69) is 17.3 Å². The highest BCUT2D eigenvalue weighted by atomic mass is 19.1. The molecule has 0 radical (unpaired) electrons. The fourth-order valence-electron chi connectivity index (χ4n) is 2.46. The molecule has 4 heteroatoms. The van der Waals surface area contributed by atoms with Crippen LogP contribution < -0.4 is 10.1 Å². The van der Waals surface area contributed by atoms with Gasteiger partial charge in [0.25, 0.3) is 0 Å².